The van der Waals surface area contributed by atoms with Gasteiger partial charge in [-0.05, 0) is 19.3 Å². The molecule has 0 bridgehead atoms. The Morgan fingerprint density at radius 3 is 2.67 bits per heavy atom. The molecule has 3 fully saturated rings. The van der Waals surface area contributed by atoms with Gasteiger partial charge in [-0.25, -0.2) is 4.98 Å². The maximum absolute atomic E-state index is 13.2. The normalized spacial score (nSPS) is 29.7. The van der Waals surface area contributed by atoms with Crippen LogP contribution in [0, 0.1) is 5.92 Å². The van der Waals surface area contributed by atoms with Gasteiger partial charge in [-0.3, -0.25) is 4.79 Å². The van der Waals surface area contributed by atoms with Crippen molar-refractivity contribution >= 4 is 5.91 Å². The van der Waals surface area contributed by atoms with E-state index in [1.165, 1.54) is 19.3 Å². The molecule has 3 aliphatic rings. The summed E-state index contributed by atoms with van der Waals surface area (Å²) in [5.41, 5.74) is 1.91. The Labute approximate surface area is 176 Å². The molecular weight excluding hydrogens is 380 g/mol. The zero-order valence-corrected chi connectivity index (χ0v) is 17.2. The first-order valence-electron chi connectivity index (χ1n) is 11.1. The molecule has 1 amide bonds. The van der Waals surface area contributed by atoms with Crippen molar-refractivity contribution in [2.24, 2.45) is 5.92 Å². The lowest BCUT2D eigenvalue weighted by Crippen LogP contribution is -2.45. The number of hydrogen-bond donors (Lipinski definition) is 3. The summed E-state index contributed by atoms with van der Waals surface area (Å²) in [6.45, 7) is 2.36. The highest BCUT2D eigenvalue weighted by Gasteiger charge is 2.49. The van der Waals surface area contributed by atoms with Crippen molar-refractivity contribution in [2.75, 3.05) is 26.3 Å². The lowest BCUT2D eigenvalue weighted by molar-refractivity contribution is -0.142. The molecule has 4 atom stereocenters. The number of ether oxygens (including phenoxy) is 1. The van der Waals surface area contributed by atoms with Gasteiger partial charge in [0.15, 0.2) is 0 Å². The second-order valence-corrected chi connectivity index (χ2v) is 8.75. The quantitative estimate of drug-likeness (QED) is 0.701. The molecule has 3 N–H and O–H groups in total. The first kappa shape index (κ1) is 19.7. The van der Waals surface area contributed by atoms with Crippen LogP contribution in [0.4, 0.5) is 0 Å². The maximum Gasteiger partial charge on any atom is 0.228 e. The number of nitrogens with zero attached hydrogens (tertiary/aromatic N) is 2. The summed E-state index contributed by atoms with van der Waals surface area (Å²) in [5, 5.41) is 15.0. The highest BCUT2D eigenvalue weighted by Crippen LogP contribution is 2.41. The minimum Gasteiger partial charge on any atom is -0.392 e. The number of morpholine rings is 1. The smallest absolute Gasteiger partial charge is 0.228 e. The van der Waals surface area contributed by atoms with Gasteiger partial charge in [-0.15, -0.1) is 0 Å². The van der Waals surface area contributed by atoms with Crippen LogP contribution < -0.4 is 5.32 Å². The summed E-state index contributed by atoms with van der Waals surface area (Å²) in [5.74, 6) is 0.277. The average Bonchev–Trinajstić information content (AvgIpc) is 3.36. The Morgan fingerprint density at radius 1 is 1.20 bits per heavy atom. The van der Waals surface area contributed by atoms with Crippen LogP contribution in [0.25, 0.3) is 11.4 Å². The van der Waals surface area contributed by atoms with Crippen LogP contribution in [0.2, 0.25) is 0 Å². The van der Waals surface area contributed by atoms with E-state index in [1.54, 1.807) is 0 Å². The number of benzene rings is 1. The van der Waals surface area contributed by atoms with Gasteiger partial charge in [0.1, 0.15) is 5.82 Å². The first-order valence-corrected chi connectivity index (χ1v) is 11.1. The molecule has 5 rings (SSSR count). The first-order chi connectivity index (χ1) is 14.7. The third kappa shape index (κ3) is 3.77. The monoisotopic (exact) mass is 410 g/mol. The highest BCUT2D eigenvalue weighted by molar-refractivity contribution is 5.80. The fourth-order valence-corrected chi connectivity index (χ4v) is 5.01. The molecule has 1 aromatic heterocycles. The Kier molecular flexibility index (Phi) is 5.58. The van der Waals surface area contributed by atoms with Crippen molar-refractivity contribution in [3.63, 3.8) is 0 Å². The predicted octanol–water partition coefficient (Wildman–Crippen LogP) is 1.91. The minimum atomic E-state index is -0.734. The van der Waals surface area contributed by atoms with Gasteiger partial charge in [0, 0.05) is 48.5 Å². The lowest BCUT2D eigenvalue weighted by atomic mass is 9.90. The molecule has 1 saturated heterocycles. The zero-order chi connectivity index (χ0) is 20.5. The highest BCUT2D eigenvalue weighted by atomic mass is 16.5. The molecule has 7 nitrogen and oxygen atoms in total. The summed E-state index contributed by atoms with van der Waals surface area (Å²) in [6.07, 6.45) is 5.32. The van der Waals surface area contributed by atoms with Crippen molar-refractivity contribution in [3.8, 4) is 11.4 Å². The van der Waals surface area contributed by atoms with Gasteiger partial charge in [-0.1, -0.05) is 36.8 Å². The standard InChI is InChI=1S/C23H30N4O3/c28-21-17(23(29)27-9-11-30-12-10-27)13-18(25-16-7-4-8-16)20(21)19-14-24-22(26-19)15-5-2-1-3-6-15/h1-3,5-6,14,16-18,20-21,25,28H,4,7-13H2,(H,24,26)/t17-,18+,20+,21+/m0/s1. The van der Waals surface area contributed by atoms with Crippen LogP contribution in [0.1, 0.15) is 37.3 Å². The number of aliphatic hydroxyl groups is 1. The van der Waals surface area contributed by atoms with Gasteiger partial charge in [0.25, 0.3) is 0 Å². The number of carbonyl (C=O) groups excluding carboxylic acids is 1. The zero-order valence-electron chi connectivity index (χ0n) is 17.2. The fraction of sp³-hybridized carbons (Fsp3) is 0.565. The van der Waals surface area contributed by atoms with Crippen molar-refractivity contribution in [3.05, 3.63) is 42.2 Å². The van der Waals surface area contributed by atoms with Crippen molar-refractivity contribution in [2.45, 2.75) is 49.8 Å². The number of aromatic nitrogens is 2. The van der Waals surface area contributed by atoms with Crippen molar-refractivity contribution in [1.29, 1.82) is 0 Å². The summed E-state index contributed by atoms with van der Waals surface area (Å²) >= 11 is 0. The van der Waals surface area contributed by atoms with E-state index in [0.29, 0.717) is 38.8 Å². The van der Waals surface area contributed by atoms with E-state index >= 15 is 0 Å². The number of aliphatic hydroxyl groups excluding tert-OH is 1. The molecule has 160 valence electrons. The number of amides is 1. The van der Waals surface area contributed by atoms with Crippen LogP contribution in [-0.4, -0.2) is 70.4 Å². The molecule has 2 aromatic rings. The largest absolute Gasteiger partial charge is 0.392 e. The maximum atomic E-state index is 13.2. The van der Waals surface area contributed by atoms with Crippen LogP contribution in [0.15, 0.2) is 36.5 Å². The molecule has 0 radical (unpaired) electrons. The Hall–Kier alpha value is -2.22. The molecule has 7 heteroatoms. The number of aromatic amines is 1. The number of nitrogens with one attached hydrogen (secondary N) is 2. The van der Waals surface area contributed by atoms with Gasteiger partial charge in [0.05, 0.1) is 25.2 Å². The van der Waals surface area contributed by atoms with Crippen LogP contribution in [-0.2, 0) is 9.53 Å². The Bertz CT molecular complexity index is 860. The molecule has 2 aliphatic carbocycles. The van der Waals surface area contributed by atoms with E-state index in [-0.39, 0.29) is 17.9 Å². The molecule has 30 heavy (non-hydrogen) atoms. The number of imidazole rings is 1. The molecule has 0 spiro atoms. The predicted molar refractivity (Wildman–Crippen MR) is 113 cm³/mol. The Morgan fingerprint density at radius 2 is 1.97 bits per heavy atom. The van der Waals surface area contributed by atoms with E-state index in [1.807, 2.05) is 41.4 Å². The lowest BCUT2D eigenvalue weighted by Gasteiger charge is -2.32. The van der Waals surface area contributed by atoms with Crippen LogP contribution in [0.3, 0.4) is 0 Å². The summed E-state index contributed by atoms with van der Waals surface area (Å²) < 4.78 is 5.39. The molecule has 1 aliphatic heterocycles. The molecular formula is C23H30N4O3. The molecule has 0 unspecified atom stereocenters. The number of carbonyl (C=O) groups is 1. The second-order valence-electron chi connectivity index (χ2n) is 8.75. The van der Waals surface area contributed by atoms with Gasteiger partial charge >= 0.3 is 0 Å². The van der Waals surface area contributed by atoms with Crippen LogP contribution in [0.5, 0.6) is 0 Å². The van der Waals surface area contributed by atoms with E-state index in [9.17, 15) is 9.90 Å². The van der Waals surface area contributed by atoms with Gasteiger partial charge in [0.2, 0.25) is 5.91 Å². The molecule has 2 heterocycles. The SMILES string of the molecule is O=C([C@H]1C[C@@H](NC2CCC2)[C@H](c2cnc(-c3ccccc3)[nH]2)[C@@H]1O)N1CCOCC1. The molecule has 2 saturated carbocycles. The van der Waals surface area contributed by atoms with Crippen molar-refractivity contribution < 1.29 is 14.6 Å². The fourth-order valence-electron chi connectivity index (χ4n) is 5.01. The van der Waals surface area contributed by atoms with E-state index in [0.717, 1.165) is 17.1 Å². The number of rotatable bonds is 5. The third-order valence-corrected chi connectivity index (χ3v) is 6.92. The van der Waals surface area contributed by atoms with E-state index in [4.69, 9.17) is 4.74 Å². The summed E-state index contributed by atoms with van der Waals surface area (Å²) in [6, 6.07) is 10.5. The summed E-state index contributed by atoms with van der Waals surface area (Å²) in [4.78, 5) is 23.0. The third-order valence-electron chi connectivity index (χ3n) is 6.92. The van der Waals surface area contributed by atoms with Gasteiger partial charge in [-0.2, -0.15) is 0 Å². The van der Waals surface area contributed by atoms with E-state index < -0.39 is 12.0 Å². The summed E-state index contributed by atoms with van der Waals surface area (Å²) in [7, 11) is 0. The Balaban J connectivity index is 1.39. The molecule has 1 aromatic carbocycles. The van der Waals surface area contributed by atoms with Gasteiger partial charge < -0.3 is 25.0 Å². The topological polar surface area (TPSA) is 90.5 Å². The van der Waals surface area contributed by atoms with Crippen molar-refractivity contribution in [1.82, 2.24) is 20.2 Å². The van der Waals surface area contributed by atoms with E-state index in [2.05, 4.69) is 15.3 Å². The minimum absolute atomic E-state index is 0.0523. The number of H-pyrrole nitrogens is 1. The second kappa shape index (κ2) is 8.49. The average molecular weight is 411 g/mol. The number of hydrogen-bond acceptors (Lipinski definition) is 5. The van der Waals surface area contributed by atoms with Crippen LogP contribution >= 0.6 is 0 Å².